The topological polar surface area (TPSA) is 93.5 Å². The highest BCUT2D eigenvalue weighted by molar-refractivity contribution is 5.81. The molecule has 144 valence electrons. The third-order valence-corrected chi connectivity index (χ3v) is 3.71. The summed E-state index contributed by atoms with van der Waals surface area (Å²) in [5.41, 5.74) is 7.52. The van der Waals surface area contributed by atoms with Crippen molar-refractivity contribution >= 4 is 12.0 Å². The molecule has 2 amide bonds. The number of carbonyl (C=O) groups excluding carboxylic acids is 2. The van der Waals surface area contributed by atoms with Crippen LogP contribution in [0.4, 0.5) is 4.79 Å². The highest BCUT2D eigenvalue weighted by Gasteiger charge is 2.16. The molecule has 0 aliphatic rings. The molecule has 0 radical (unpaired) electrons. The summed E-state index contributed by atoms with van der Waals surface area (Å²) in [6.45, 7) is 5.99. The molecule has 0 aromatic heterocycles. The number of hydrogen-bond acceptors (Lipinski definition) is 4. The lowest BCUT2D eigenvalue weighted by atomic mass is 10.1. The molecule has 6 heteroatoms. The number of carbonyl (C=O) groups is 2. The van der Waals surface area contributed by atoms with Crippen molar-refractivity contribution in [3.8, 4) is 5.75 Å². The summed E-state index contributed by atoms with van der Waals surface area (Å²) in [5.74, 6) is 0.233. The molecule has 2 rings (SSSR count). The smallest absolute Gasteiger partial charge is 0.410 e. The van der Waals surface area contributed by atoms with E-state index in [-0.39, 0.29) is 11.4 Å². The molecule has 4 N–H and O–H groups in total. The zero-order valence-corrected chi connectivity index (χ0v) is 16.0. The van der Waals surface area contributed by atoms with Crippen molar-refractivity contribution in [2.24, 2.45) is 5.73 Å². The Labute approximate surface area is 160 Å². The SMILES string of the molecule is CC(C)(C)NC(=O)Oc1ccc(CNC(=O)[C@@H](N)Cc2ccccc2)cc1. The van der Waals surface area contributed by atoms with E-state index in [0.717, 1.165) is 11.1 Å². The van der Waals surface area contributed by atoms with Gasteiger partial charge >= 0.3 is 6.09 Å². The molecule has 6 nitrogen and oxygen atoms in total. The molecule has 2 aromatic rings. The maximum Gasteiger partial charge on any atom is 0.413 e. The Morgan fingerprint density at radius 3 is 2.22 bits per heavy atom. The van der Waals surface area contributed by atoms with E-state index in [2.05, 4.69) is 10.6 Å². The van der Waals surface area contributed by atoms with Crippen LogP contribution < -0.4 is 21.1 Å². The van der Waals surface area contributed by atoms with Crippen molar-refractivity contribution in [1.29, 1.82) is 0 Å². The summed E-state index contributed by atoms with van der Waals surface area (Å²) in [6, 6.07) is 16.0. The number of nitrogens with two attached hydrogens (primary N) is 1. The third-order valence-electron chi connectivity index (χ3n) is 3.71. The lowest BCUT2D eigenvalue weighted by molar-refractivity contribution is -0.122. The first-order valence-corrected chi connectivity index (χ1v) is 8.89. The van der Waals surface area contributed by atoms with Crippen LogP contribution in [0.25, 0.3) is 0 Å². The Bertz CT molecular complexity index is 752. The highest BCUT2D eigenvalue weighted by atomic mass is 16.6. The van der Waals surface area contributed by atoms with Crippen molar-refractivity contribution < 1.29 is 14.3 Å². The number of nitrogens with one attached hydrogen (secondary N) is 2. The summed E-state index contributed by atoms with van der Waals surface area (Å²) in [5, 5.41) is 5.55. The first-order chi connectivity index (χ1) is 12.7. The zero-order valence-electron chi connectivity index (χ0n) is 16.0. The monoisotopic (exact) mass is 369 g/mol. The van der Waals surface area contributed by atoms with Crippen LogP contribution in [-0.4, -0.2) is 23.6 Å². The van der Waals surface area contributed by atoms with Gasteiger partial charge in [0.25, 0.3) is 0 Å². The van der Waals surface area contributed by atoms with Crippen LogP contribution in [-0.2, 0) is 17.8 Å². The first kappa shape index (κ1) is 20.5. The fraction of sp³-hybridized carbons (Fsp3) is 0.333. The van der Waals surface area contributed by atoms with Gasteiger partial charge in [-0.25, -0.2) is 4.79 Å². The standard InChI is InChI=1S/C21H27N3O3/c1-21(2,3)24-20(26)27-17-11-9-16(10-12-17)14-23-19(25)18(22)13-15-7-5-4-6-8-15/h4-12,18H,13-14,22H2,1-3H3,(H,23,25)(H,24,26)/t18-/m0/s1. The van der Waals surface area contributed by atoms with Gasteiger partial charge in [0.1, 0.15) is 5.75 Å². The van der Waals surface area contributed by atoms with E-state index in [0.29, 0.717) is 18.7 Å². The van der Waals surface area contributed by atoms with Crippen LogP contribution >= 0.6 is 0 Å². The summed E-state index contributed by atoms with van der Waals surface area (Å²) in [6.07, 6.45) is -0.0158. The van der Waals surface area contributed by atoms with E-state index in [4.69, 9.17) is 10.5 Å². The van der Waals surface area contributed by atoms with Crippen LogP contribution in [0, 0.1) is 0 Å². The van der Waals surface area contributed by atoms with Crippen molar-refractivity contribution in [2.75, 3.05) is 0 Å². The average Bonchev–Trinajstić information content (AvgIpc) is 2.60. The first-order valence-electron chi connectivity index (χ1n) is 8.89. The normalized spacial score (nSPS) is 12.1. The van der Waals surface area contributed by atoms with Gasteiger partial charge in [0.15, 0.2) is 0 Å². The second kappa shape index (κ2) is 9.19. The molecule has 1 atom stereocenters. The maximum absolute atomic E-state index is 12.2. The van der Waals surface area contributed by atoms with Gasteiger partial charge < -0.3 is 21.1 Å². The summed E-state index contributed by atoms with van der Waals surface area (Å²) in [4.78, 5) is 23.9. The summed E-state index contributed by atoms with van der Waals surface area (Å²) < 4.78 is 5.22. The van der Waals surface area contributed by atoms with Gasteiger partial charge in [-0.1, -0.05) is 42.5 Å². The van der Waals surface area contributed by atoms with Crippen LogP contribution in [0.1, 0.15) is 31.9 Å². The second-order valence-corrected chi connectivity index (χ2v) is 7.42. The molecule has 0 saturated heterocycles. The Morgan fingerprint density at radius 2 is 1.63 bits per heavy atom. The average molecular weight is 369 g/mol. The van der Waals surface area contributed by atoms with Crippen LogP contribution in [0.15, 0.2) is 54.6 Å². The molecule has 0 saturated carbocycles. The molecule has 0 aliphatic carbocycles. The minimum absolute atomic E-state index is 0.205. The number of ether oxygens (including phenoxy) is 1. The molecule has 0 heterocycles. The minimum Gasteiger partial charge on any atom is -0.410 e. The van der Waals surface area contributed by atoms with Crippen molar-refractivity contribution in [2.45, 2.75) is 45.3 Å². The van der Waals surface area contributed by atoms with Crippen molar-refractivity contribution in [3.63, 3.8) is 0 Å². The van der Waals surface area contributed by atoms with Gasteiger partial charge in [-0.15, -0.1) is 0 Å². The van der Waals surface area contributed by atoms with E-state index in [9.17, 15) is 9.59 Å². The maximum atomic E-state index is 12.2. The van der Waals surface area contributed by atoms with E-state index in [1.165, 1.54) is 0 Å². The minimum atomic E-state index is -0.601. The number of benzene rings is 2. The molecule has 2 aromatic carbocycles. The van der Waals surface area contributed by atoms with Crippen LogP contribution in [0.3, 0.4) is 0 Å². The molecule has 0 bridgehead atoms. The number of rotatable bonds is 6. The van der Waals surface area contributed by atoms with Crippen molar-refractivity contribution in [3.05, 3.63) is 65.7 Å². The van der Waals surface area contributed by atoms with Crippen molar-refractivity contribution in [1.82, 2.24) is 10.6 Å². The van der Waals surface area contributed by atoms with Gasteiger partial charge in [-0.05, 0) is 50.5 Å². The molecule has 0 aliphatic heterocycles. The lowest BCUT2D eigenvalue weighted by Crippen LogP contribution is -2.42. The molecule has 0 unspecified atom stereocenters. The quantitative estimate of drug-likeness (QED) is 0.730. The molecule has 0 fully saturated rings. The highest BCUT2D eigenvalue weighted by Crippen LogP contribution is 2.13. The number of amides is 2. The van der Waals surface area contributed by atoms with Gasteiger partial charge in [0.2, 0.25) is 5.91 Å². The van der Waals surface area contributed by atoms with E-state index in [1.807, 2.05) is 51.1 Å². The van der Waals surface area contributed by atoms with Gasteiger partial charge in [-0.3, -0.25) is 4.79 Å². The summed E-state index contributed by atoms with van der Waals surface area (Å²) in [7, 11) is 0. The Morgan fingerprint density at radius 1 is 1.00 bits per heavy atom. The van der Waals surface area contributed by atoms with Gasteiger partial charge in [-0.2, -0.15) is 0 Å². The fourth-order valence-electron chi connectivity index (χ4n) is 2.40. The summed E-state index contributed by atoms with van der Waals surface area (Å²) >= 11 is 0. The zero-order chi connectivity index (χ0) is 19.9. The predicted octanol–water partition coefficient (Wildman–Crippen LogP) is 2.76. The molecule has 27 heavy (non-hydrogen) atoms. The second-order valence-electron chi connectivity index (χ2n) is 7.42. The van der Waals surface area contributed by atoms with E-state index in [1.54, 1.807) is 24.3 Å². The Balaban J connectivity index is 1.80. The van der Waals surface area contributed by atoms with Crippen LogP contribution in [0.5, 0.6) is 5.75 Å². The predicted molar refractivity (Wildman–Crippen MR) is 105 cm³/mol. The third kappa shape index (κ3) is 7.50. The van der Waals surface area contributed by atoms with E-state index >= 15 is 0 Å². The fourth-order valence-corrected chi connectivity index (χ4v) is 2.40. The van der Waals surface area contributed by atoms with Gasteiger partial charge in [0.05, 0.1) is 6.04 Å². The molecular weight excluding hydrogens is 342 g/mol. The largest absolute Gasteiger partial charge is 0.413 e. The van der Waals surface area contributed by atoms with Crippen LogP contribution in [0.2, 0.25) is 0 Å². The lowest BCUT2D eigenvalue weighted by Gasteiger charge is -2.19. The molecular formula is C21H27N3O3. The Kier molecular flexibility index (Phi) is 6.96. The van der Waals surface area contributed by atoms with E-state index < -0.39 is 12.1 Å². The molecule has 0 spiro atoms. The number of hydrogen-bond donors (Lipinski definition) is 3. The van der Waals surface area contributed by atoms with Gasteiger partial charge in [0, 0.05) is 12.1 Å². The Hall–Kier alpha value is -2.86.